The molecule has 5 heteroatoms. The van der Waals surface area contributed by atoms with Gasteiger partial charge in [-0.3, -0.25) is 9.69 Å². The first-order valence-electron chi connectivity index (χ1n) is 9.96. The molecule has 28 heavy (non-hydrogen) atoms. The first-order chi connectivity index (χ1) is 13.6. The Kier molecular flexibility index (Phi) is 6.93. The second-order valence-electron chi connectivity index (χ2n) is 7.30. The predicted octanol–water partition coefficient (Wildman–Crippen LogP) is 3.72. The fourth-order valence-corrected chi connectivity index (χ4v) is 3.84. The lowest BCUT2D eigenvalue weighted by Gasteiger charge is -2.27. The van der Waals surface area contributed by atoms with Crippen molar-refractivity contribution in [2.45, 2.75) is 38.8 Å². The summed E-state index contributed by atoms with van der Waals surface area (Å²) in [6.07, 6.45) is 3.22. The Bertz CT molecular complexity index is 806. The van der Waals surface area contributed by atoms with Crippen molar-refractivity contribution in [3.8, 4) is 11.5 Å². The van der Waals surface area contributed by atoms with Crippen molar-refractivity contribution in [2.75, 3.05) is 27.3 Å². The van der Waals surface area contributed by atoms with Crippen LogP contribution in [0.5, 0.6) is 11.5 Å². The van der Waals surface area contributed by atoms with E-state index in [1.54, 1.807) is 7.11 Å². The highest BCUT2D eigenvalue weighted by Gasteiger charge is 2.21. The maximum absolute atomic E-state index is 12.6. The van der Waals surface area contributed by atoms with Crippen molar-refractivity contribution in [3.05, 3.63) is 59.2 Å². The van der Waals surface area contributed by atoms with Gasteiger partial charge >= 0.3 is 0 Å². The number of benzene rings is 2. The fourth-order valence-electron chi connectivity index (χ4n) is 3.84. The second kappa shape index (κ2) is 9.60. The molecular weight excluding hydrogens is 352 g/mol. The summed E-state index contributed by atoms with van der Waals surface area (Å²) in [5.74, 6) is 1.52. The van der Waals surface area contributed by atoms with Gasteiger partial charge < -0.3 is 14.8 Å². The number of methoxy groups -OCH3 is 1. The van der Waals surface area contributed by atoms with Gasteiger partial charge in [-0.1, -0.05) is 30.3 Å². The van der Waals surface area contributed by atoms with Crippen LogP contribution in [0, 0.1) is 0 Å². The number of nitrogens with zero attached hydrogens (tertiary/aromatic N) is 1. The standard InChI is InChI=1S/C23H30N2O3/c1-4-28-21-13-12-17(14-22(21)27-3)15-25(2)16-23(26)24-20-11-7-9-18-8-5-6-10-19(18)20/h5-6,8,10,12-14,20H,4,7,9,11,15-16H2,1-3H3,(H,24,26)/t20-/m0/s1. The number of aryl methyl sites for hydroxylation is 1. The summed E-state index contributed by atoms with van der Waals surface area (Å²) in [4.78, 5) is 14.6. The Morgan fingerprint density at radius 2 is 2.04 bits per heavy atom. The van der Waals surface area contributed by atoms with E-state index in [9.17, 15) is 4.79 Å². The molecule has 0 saturated carbocycles. The molecule has 0 saturated heterocycles. The van der Waals surface area contributed by atoms with Crippen molar-refractivity contribution in [1.29, 1.82) is 0 Å². The smallest absolute Gasteiger partial charge is 0.234 e. The van der Waals surface area contributed by atoms with Crippen LogP contribution < -0.4 is 14.8 Å². The zero-order chi connectivity index (χ0) is 19.9. The van der Waals surface area contributed by atoms with Crippen LogP contribution in [-0.4, -0.2) is 38.1 Å². The molecule has 5 nitrogen and oxygen atoms in total. The first kappa shape index (κ1) is 20.2. The number of carbonyl (C=O) groups excluding carboxylic acids is 1. The summed E-state index contributed by atoms with van der Waals surface area (Å²) in [6, 6.07) is 14.4. The predicted molar refractivity (Wildman–Crippen MR) is 111 cm³/mol. The van der Waals surface area contributed by atoms with Gasteiger partial charge in [0.2, 0.25) is 5.91 Å². The summed E-state index contributed by atoms with van der Waals surface area (Å²) in [5, 5.41) is 3.21. The molecule has 3 rings (SSSR count). The van der Waals surface area contributed by atoms with Crippen LogP contribution in [0.3, 0.4) is 0 Å². The van der Waals surface area contributed by atoms with Crippen LogP contribution in [0.15, 0.2) is 42.5 Å². The lowest BCUT2D eigenvalue weighted by molar-refractivity contribution is -0.122. The Labute approximate surface area is 167 Å². The van der Waals surface area contributed by atoms with Gasteiger partial charge in [-0.15, -0.1) is 0 Å². The van der Waals surface area contributed by atoms with E-state index in [0.29, 0.717) is 19.7 Å². The molecule has 2 aromatic carbocycles. The molecule has 0 aliphatic heterocycles. The highest BCUT2D eigenvalue weighted by molar-refractivity contribution is 5.78. The third kappa shape index (κ3) is 5.04. The zero-order valence-corrected chi connectivity index (χ0v) is 17.0. The second-order valence-corrected chi connectivity index (χ2v) is 7.30. The van der Waals surface area contributed by atoms with Crippen molar-refractivity contribution < 1.29 is 14.3 Å². The summed E-state index contributed by atoms with van der Waals surface area (Å²) in [7, 11) is 3.60. The van der Waals surface area contributed by atoms with Crippen LogP contribution in [0.2, 0.25) is 0 Å². The minimum Gasteiger partial charge on any atom is -0.493 e. The van der Waals surface area contributed by atoms with Crippen LogP contribution in [0.4, 0.5) is 0 Å². The molecule has 0 unspecified atom stereocenters. The van der Waals surface area contributed by atoms with Gasteiger partial charge in [-0.05, 0) is 62.1 Å². The molecule has 0 fully saturated rings. The number of carbonyl (C=O) groups is 1. The molecule has 1 amide bonds. The normalized spacial score (nSPS) is 15.8. The van der Waals surface area contributed by atoms with E-state index in [-0.39, 0.29) is 11.9 Å². The number of nitrogens with one attached hydrogen (secondary N) is 1. The van der Waals surface area contributed by atoms with Crippen LogP contribution in [-0.2, 0) is 17.8 Å². The highest BCUT2D eigenvalue weighted by atomic mass is 16.5. The van der Waals surface area contributed by atoms with E-state index < -0.39 is 0 Å². The Hall–Kier alpha value is -2.53. The molecule has 150 valence electrons. The minimum absolute atomic E-state index is 0.0575. The molecule has 1 aliphatic carbocycles. The molecule has 1 atom stereocenters. The summed E-state index contributed by atoms with van der Waals surface area (Å²) in [6.45, 7) is 3.57. The van der Waals surface area contributed by atoms with Gasteiger partial charge in [-0.2, -0.15) is 0 Å². The number of hydrogen-bond donors (Lipinski definition) is 1. The number of amides is 1. The molecule has 0 heterocycles. The van der Waals surface area contributed by atoms with Gasteiger partial charge in [-0.25, -0.2) is 0 Å². The van der Waals surface area contributed by atoms with Crippen molar-refractivity contribution >= 4 is 5.91 Å². The summed E-state index contributed by atoms with van der Waals surface area (Å²) < 4.78 is 11.0. The number of hydrogen-bond acceptors (Lipinski definition) is 4. The van der Waals surface area contributed by atoms with Gasteiger partial charge in [0, 0.05) is 6.54 Å². The molecule has 0 bridgehead atoms. The minimum atomic E-state index is 0.0575. The molecule has 0 aromatic heterocycles. The highest BCUT2D eigenvalue weighted by Crippen LogP contribution is 2.30. The van der Waals surface area contributed by atoms with Gasteiger partial charge in [0.05, 0.1) is 26.3 Å². The topological polar surface area (TPSA) is 50.8 Å². The van der Waals surface area contributed by atoms with E-state index in [4.69, 9.17) is 9.47 Å². The molecule has 2 aromatic rings. The third-order valence-electron chi connectivity index (χ3n) is 5.10. The van der Waals surface area contributed by atoms with Crippen LogP contribution in [0.25, 0.3) is 0 Å². The molecule has 0 radical (unpaired) electrons. The third-order valence-corrected chi connectivity index (χ3v) is 5.10. The largest absolute Gasteiger partial charge is 0.493 e. The Balaban J connectivity index is 1.56. The Morgan fingerprint density at radius 1 is 1.21 bits per heavy atom. The lowest BCUT2D eigenvalue weighted by Crippen LogP contribution is -2.38. The number of ether oxygens (including phenoxy) is 2. The quantitative estimate of drug-likeness (QED) is 0.756. The van der Waals surface area contributed by atoms with Crippen molar-refractivity contribution in [3.63, 3.8) is 0 Å². The monoisotopic (exact) mass is 382 g/mol. The van der Waals surface area contributed by atoms with Gasteiger partial charge in [0.1, 0.15) is 0 Å². The van der Waals surface area contributed by atoms with Crippen LogP contribution >= 0.6 is 0 Å². The molecular formula is C23H30N2O3. The maximum atomic E-state index is 12.6. The number of likely N-dealkylation sites (N-methyl/N-ethyl adjacent to an activating group) is 1. The average molecular weight is 383 g/mol. The Morgan fingerprint density at radius 3 is 2.82 bits per heavy atom. The first-order valence-corrected chi connectivity index (χ1v) is 9.96. The van der Waals surface area contributed by atoms with Gasteiger partial charge in [0.15, 0.2) is 11.5 Å². The van der Waals surface area contributed by atoms with E-state index in [0.717, 1.165) is 36.3 Å². The van der Waals surface area contributed by atoms with Gasteiger partial charge in [0.25, 0.3) is 0 Å². The molecule has 1 N–H and O–H groups in total. The van der Waals surface area contributed by atoms with E-state index in [1.807, 2.05) is 37.1 Å². The van der Waals surface area contributed by atoms with Crippen molar-refractivity contribution in [2.24, 2.45) is 0 Å². The molecule has 0 spiro atoms. The lowest BCUT2D eigenvalue weighted by atomic mass is 9.88. The zero-order valence-electron chi connectivity index (χ0n) is 17.0. The van der Waals surface area contributed by atoms with E-state index >= 15 is 0 Å². The SMILES string of the molecule is CCOc1ccc(CN(C)CC(=O)N[C@H]2CCCc3ccccc32)cc1OC. The average Bonchev–Trinajstić information content (AvgIpc) is 2.69. The number of fused-ring (bicyclic) bond motifs is 1. The number of rotatable bonds is 8. The van der Waals surface area contributed by atoms with Crippen molar-refractivity contribution in [1.82, 2.24) is 10.2 Å². The summed E-state index contributed by atoms with van der Waals surface area (Å²) in [5.41, 5.74) is 3.70. The fraction of sp³-hybridized carbons (Fsp3) is 0.435. The molecule has 1 aliphatic rings. The van der Waals surface area contributed by atoms with E-state index in [2.05, 4.69) is 29.6 Å². The van der Waals surface area contributed by atoms with E-state index in [1.165, 1.54) is 11.1 Å². The summed E-state index contributed by atoms with van der Waals surface area (Å²) >= 11 is 0. The van der Waals surface area contributed by atoms with Crippen LogP contribution in [0.1, 0.15) is 42.5 Å². The maximum Gasteiger partial charge on any atom is 0.234 e.